The molecule has 3 rings (SSSR count). The Morgan fingerprint density at radius 3 is 2.59 bits per heavy atom. The van der Waals surface area contributed by atoms with Gasteiger partial charge in [-0.25, -0.2) is 4.79 Å². The molecule has 0 spiro atoms. The lowest BCUT2D eigenvalue weighted by Gasteiger charge is -2.15. The van der Waals surface area contributed by atoms with Crippen molar-refractivity contribution < 1.29 is 14.3 Å². The Balaban J connectivity index is 2.23. The van der Waals surface area contributed by atoms with Gasteiger partial charge in [0, 0.05) is 15.6 Å². The van der Waals surface area contributed by atoms with Crippen LogP contribution < -0.4 is 4.80 Å². The van der Waals surface area contributed by atoms with Crippen molar-refractivity contribution in [1.29, 1.82) is 0 Å². The number of thiazole rings is 1. The summed E-state index contributed by atoms with van der Waals surface area (Å²) < 4.78 is 7.48. The Hall–Kier alpha value is -2.15. The zero-order valence-electron chi connectivity index (χ0n) is 14.6. The molecule has 0 aliphatic carbocycles. The fraction of sp³-hybridized carbons (Fsp3) is 0.211. The number of ether oxygens (including phenoxy) is 1. The first-order valence-electron chi connectivity index (χ1n) is 8.17. The van der Waals surface area contributed by atoms with Crippen molar-refractivity contribution in [3.63, 3.8) is 0 Å². The summed E-state index contributed by atoms with van der Waals surface area (Å²) in [5, 5.41) is 1.02. The van der Waals surface area contributed by atoms with Crippen LogP contribution in [-0.2, 0) is 9.53 Å². The van der Waals surface area contributed by atoms with Gasteiger partial charge >= 0.3 is 5.97 Å². The molecule has 0 saturated carbocycles. The van der Waals surface area contributed by atoms with Gasteiger partial charge in [-0.15, -0.1) is 0 Å². The molecule has 1 heterocycles. The van der Waals surface area contributed by atoms with Gasteiger partial charge in [0.2, 0.25) is 0 Å². The smallest absolute Gasteiger partial charge is 0.328 e. The predicted octanol–water partition coefficient (Wildman–Crippen LogP) is 4.87. The van der Waals surface area contributed by atoms with Crippen molar-refractivity contribution in [2.75, 3.05) is 7.11 Å². The Bertz CT molecular complexity index is 1090. The van der Waals surface area contributed by atoms with Gasteiger partial charge in [0.15, 0.2) is 4.80 Å². The van der Waals surface area contributed by atoms with E-state index in [-0.39, 0.29) is 0 Å². The molecule has 8 heteroatoms. The number of hydrogen-bond acceptors (Lipinski definition) is 4. The van der Waals surface area contributed by atoms with Crippen LogP contribution in [0.3, 0.4) is 0 Å². The zero-order chi connectivity index (χ0) is 19.6. The number of hydrogen-bond donors (Lipinski definition) is 0. The molecule has 0 N–H and O–H groups in total. The minimum atomic E-state index is -0.601. The maximum atomic E-state index is 12.6. The van der Waals surface area contributed by atoms with Crippen LogP contribution in [0, 0.1) is 0 Å². The summed E-state index contributed by atoms with van der Waals surface area (Å²) in [7, 11) is 1.34. The standard InChI is InChI=1S/C19H16Cl2N2O3S/c1-3-14(18(25)26-2)23-15-8-7-13(21)10-16(15)27-19(23)22-17(24)11-5-4-6-12(20)9-11/h4-10,14H,3H2,1-2H3. The van der Waals surface area contributed by atoms with Crippen LogP contribution in [-0.4, -0.2) is 23.6 Å². The first-order valence-corrected chi connectivity index (χ1v) is 9.75. The second kappa shape index (κ2) is 8.25. The third kappa shape index (κ3) is 4.08. The number of methoxy groups -OCH3 is 1. The second-order valence-corrected chi connectivity index (χ2v) is 7.62. The maximum Gasteiger partial charge on any atom is 0.328 e. The van der Waals surface area contributed by atoms with Gasteiger partial charge in [-0.1, -0.05) is 47.5 Å². The minimum Gasteiger partial charge on any atom is -0.467 e. The first-order chi connectivity index (χ1) is 12.9. The molecule has 0 aliphatic heterocycles. The number of fused-ring (bicyclic) bond motifs is 1. The summed E-state index contributed by atoms with van der Waals surface area (Å²) in [6, 6.07) is 11.3. The summed E-state index contributed by atoms with van der Waals surface area (Å²) in [6.07, 6.45) is 0.486. The average Bonchev–Trinajstić information content (AvgIpc) is 2.99. The molecular weight excluding hydrogens is 407 g/mol. The van der Waals surface area contributed by atoms with Crippen LogP contribution in [0.25, 0.3) is 10.2 Å². The third-order valence-electron chi connectivity index (χ3n) is 4.03. The highest BCUT2D eigenvalue weighted by Crippen LogP contribution is 2.26. The van der Waals surface area contributed by atoms with Gasteiger partial charge in [0.05, 0.1) is 17.3 Å². The molecular formula is C19H16Cl2N2O3S. The van der Waals surface area contributed by atoms with Crippen LogP contribution in [0.1, 0.15) is 29.7 Å². The van der Waals surface area contributed by atoms with Gasteiger partial charge in [-0.05, 0) is 42.8 Å². The van der Waals surface area contributed by atoms with Crippen molar-refractivity contribution in [3.05, 3.63) is 62.9 Å². The van der Waals surface area contributed by atoms with Crippen molar-refractivity contribution in [1.82, 2.24) is 4.57 Å². The Kier molecular flexibility index (Phi) is 5.99. The van der Waals surface area contributed by atoms with Gasteiger partial charge in [0.1, 0.15) is 6.04 Å². The molecule has 3 aromatic rings. The lowest BCUT2D eigenvalue weighted by Crippen LogP contribution is -2.28. The lowest BCUT2D eigenvalue weighted by molar-refractivity contribution is -0.144. The van der Waals surface area contributed by atoms with Crippen molar-refractivity contribution in [2.24, 2.45) is 4.99 Å². The fourth-order valence-electron chi connectivity index (χ4n) is 2.76. The van der Waals surface area contributed by atoms with E-state index in [4.69, 9.17) is 27.9 Å². The van der Waals surface area contributed by atoms with Crippen molar-refractivity contribution in [3.8, 4) is 0 Å². The van der Waals surface area contributed by atoms with E-state index >= 15 is 0 Å². The summed E-state index contributed by atoms with van der Waals surface area (Å²) in [5.41, 5.74) is 1.13. The number of benzene rings is 2. The number of esters is 1. The number of nitrogens with zero attached hydrogens (tertiary/aromatic N) is 2. The Morgan fingerprint density at radius 2 is 1.93 bits per heavy atom. The van der Waals surface area contributed by atoms with E-state index in [1.54, 1.807) is 41.0 Å². The van der Waals surface area contributed by atoms with Crippen LogP contribution in [0.5, 0.6) is 0 Å². The van der Waals surface area contributed by atoms with Gasteiger partial charge < -0.3 is 9.30 Å². The highest BCUT2D eigenvalue weighted by atomic mass is 35.5. The molecule has 1 atom stereocenters. The molecule has 0 saturated heterocycles. The highest BCUT2D eigenvalue weighted by molar-refractivity contribution is 7.16. The number of carbonyl (C=O) groups excluding carboxylic acids is 2. The van der Waals surface area contributed by atoms with Crippen LogP contribution >= 0.6 is 34.5 Å². The third-order valence-corrected chi connectivity index (χ3v) is 5.52. The first kappa shape index (κ1) is 19.6. The monoisotopic (exact) mass is 422 g/mol. The van der Waals surface area contributed by atoms with E-state index in [0.29, 0.717) is 26.8 Å². The molecule has 0 aliphatic rings. The molecule has 0 fully saturated rings. The number of halogens is 2. The molecule has 0 radical (unpaired) electrons. The van der Waals surface area contributed by atoms with Gasteiger partial charge in [-0.2, -0.15) is 4.99 Å². The van der Waals surface area contributed by atoms with E-state index in [2.05, 4.69) is 4.99 Å². The van der Waals surface area contributed by atoms with Crippen LogP contribution in [0.2, 0.25) is 10.0 Å². The summed E-state index contributed by atoms with van der Waals surface area (Å²) in [4.78, 5) is 29.6. The van der Waals surface area contributed by atoms with E-state index in [1.807, 2.05) is 13.0 Å². The quantitative estimate of drug-likeness (QED) is 0.563. The molecule has 1 unspecified atom stereocenters. The minimum absolute atomic E-state index is 0.371. The average molecular weight is 423 g/mol. The predicted molar refractivity (Wildman–Crippen MR) is 108 cm³/mol. The van der Waals surface area contributed by atoms with Gasteiger partial charge in [-0.3, -0.25) is 4.79 Å². The lowest BCUT2D eigenvalue weighted by atomic mass is 10.2. The molecule has 5 nitrogen and oxygen atoms in total. The van der Waals surface area contributed by atoms with Crippen LogP contribution in [0.4, 0.5) is 0 Å². The fourth-order valence-corrected chi connectivity index (χ4v) is 4.29. The van der Waals surface area contributed by atoms with E-state index in [1.165, 1.54) is 18.4 Å². The Morgan fingerprint density at radius 1 is 1.19 bits per heavy atom. The maximum absolute atomic E-state index is 12.6. The Labute approximate surface area is 169 Å². The summed E-state index contributed by atoms with van der Waals surface area (Å²) in [5.74, 6) is -0.840. The molecule has 27 heavy (non-hydrogen) atoms. The summed E-state index contributed by atoms with van der Waals surface area (Å²) in [6.45, 7) is 1.87. The number of aromatic nitrogens is 1. The molecule has 1 aromatic heterocycles. The van der Waals surface area contributed by atoms with E-state index in [0.717, 1.165) is 10.2 Å². The normalized spacial score (nSPS) is 13.0. The van der Waals surface area contributed by atoms with E-state index < -0.39 is 17.9 Å². The SMILES string of the molecule is CCC(C(=O)OC)n1c(=NC(=O)c2cccc(Cl)c2)sc2cc(Cl)ccc21. The largest absolute Gasteiger partial charge is 0.467 e. The molecule has 0 bridgehead atoms. The van der Waals surface area contributed by atoms with Crippen molar-refractivity contribution >= 4 is 56.6 Å². The number of rotatable bonds is 4. The number of carbonyl (C=O) groups is 2. The zero-order valence-corrected chi connectivity index (χ0v) is 16.9. The summed E-state index contributed by atoms with van der Waals surface area (Å²) >= 11 is 13.3. The molecule has 140 valence electrons. The molecule has 1 amide bonds. The second-order valence-electron chi connectivity index (χ2n) is 5.74. The highest BCUT2D eigenvalue weighted by Gasteiger charge is 2.23. The molecule has 2 aromatic carbocycles. The van der Waals surface area contributed by atoms with Crippen LogP contribution in [0.15, 0.2) is 47.5 Å². The number of amides is 1. The van der Waals surface area contributed by atoms with Crippen molar-refractivity contribution in [2.45, 2.75) is 19.4 Å². The topological polar surface area (TPSA) is 60.7 Å². The van der Waals surface area contributed by atoms with E-state index in [9.17, 15) is 9.59 Å². The van der Waals surface area contributed by atoms with Gasteiger partial charge in [0.25, 0.3) is 5.91 Å².